The normalized spacial score (nSPS) is 16.6. The number of hydrogen-bond acceptors (Lipinski definition) is 3. The fourth-order valence-electron chi connectivity index (χ4n) is 1.24. The van der Waals surface area contributed by atoms with Crippen LogP contribution in [-0.4, -0.2) is 17.4 Å². The van der Waals surface area contributed by atoms with Crippen molar-refractivity contribution in [2.75, 3.05) is 0 Å². The van der Waals surface area contributed by atoms with Crippen molar-refractivity contribution in [1.82, 2.24) is 0 Å². The molecule has 16 heavy (non-hydrogen) atoms. The van der Waals surface area contributed by atoms with Gasteiger partial charge in [0.05, 0.1) is 0 Å². The lowest BCUT2D eigenvalue weighted by Gasteiger charge is -2.04. The summed E-state index contributed by atoms with van der Waals surface area (Å²) < 4.78 is 33.6. The molecule has 0 amide bonds. The predicted octanol–water partition coefficient (Wildman–Crippen LogP) is 2.11. The van der Waals surface area contributed by atoms with E-state index >= 15 is 0 Å². The first kappa shape index (κ1) is 10.4. The van der Waals surface area contributed by atoms with Gasteiger partial charge in [0, 0.05) is 6.08 Å². The fraction of sp³-hybridized carbons (Fsp3) is 0.100. The zero-order valence-corrected chi connectivity index (χ0v) is 7.81. The Kier molecular flexibility index (Phi) is 2.26. The van der Waals surface area contributed by atoms with E-state index in [2.05, 4.69) is 9.47 Å². The maximum atomic E-state index is 12.6. The lowest BCUT2D eigenvalue weighted by atomic mass is 10.2. The minimum absolute atomic E-state index is 0.0718. The highest BCUT2D eigenvalue weighted by Crippen LogP contribution is 2.41. The van der Waals surface area contributed by atoms with Gasteiger partial charge in [0.1, 0.15) is 0 Å². The topological polar surface area (TPSA) is 55.8 Å². The molecule has 1 aliphatic heterocycles. The minimum Gasteiger partial charge on any atom is -0.478 e. The Morgan fingerprint density at radius 3 is 2.69 bits per heavy atom. The third-order valence-corrected chi connectivity index (χ3v) is 1.84. The molecule has 4 nitrogen and oxygen atoms in total. The lowest BCUT2D eigenvalue weighted by Crippen LogP contribution is -2.25. The van der Waals surface area contributed by atoms with Crippen LogP contribution in [0.4, 0.5) is 8.78 Å². The molecule has 1 N–H and O–H groups in total. The summed E-state index contributed by atoms with van der Waals surface area (Å²) in [5.74, 6) is -1.31. The van der Waals surface area contributed by atoms with Gasteiger partial charge in [0.25, 0.3) is 0 Å². The van der Waals surface area contributed by atoms with Crippen molar-refractivity contribution in [3.05, 3.63) is 29.8 Å². The number of carboxylic acids is 1. The van der Waals surface area contributed by atoms with Crippen LogP contribution in [0.3, 0.4) is 0 Å². The zero-order valence-electron chi connectivity index (χ0n) is 7.81. The van der Waals surface area contributed by atoms with E-state index in [1.165, 1.54) is 24.3 Å². The average Bonchev–Trinajstić information content (AvgIpc) is 2.47. The molecule has 1 aromatic rings. The Morgan fingerprint density at radius 1 is 1.31 bits per heavy atom. The molecule has 2 rings (SSSR count). The van der Waals surface area contributed by atoms with Crippen LogP contribution in [-0.2, 0) is 4.79 Å². The summed E-state index contributed by atoms with van der Waals surface area (Å²) in [5.41, 5.74) is 0.433. The highest BCUT2D eigenvalue weighted by atomic mass is 19.3. The van der Waals surface area contributed by atoms with Gasteiger partial charge in [-0.25, -0.2) is 4.79 Å². The highest BCUT2D eigenvalue weighted by Gasteiger charge is 2.43. The van der Waals surface area contributed by atoms with Gasteiger partial charge in [-0.15, -0.1) is 8.78 Å². The number of carbonyl (C=O) groups is 1. The first-order chi connectivity index (χ1) is 7.46. The number of carboxylic acid groups (broad SMARTS) is 1. The van der Waals surface area contributed by atoms with E-state index in [0.29, 0.717) is 5.56 Å². The molecule has 0 saturated carbocycles. The first-order valence-electron chi connectivity index (χ1n) is 4.27. The second kappa shape index (κ2) is 3.48. The molecule has 0 aliphatic carbocycles. The van der Waals surface area contributed by atoms with Gasteiger partial charge in [-0.2, -0.15) is 0 Å². The van der Waals surface area contributed by atoms with Gasteiger partial charge in [0.2, 0.25) is 0 Å². The van der Waals surface area contributed by atoms with Gasteiger partial charge in [-0.05, 0) is 23.8 Å². The van der Waals surface area contributed by atoms with E-state index in [0.717, 1.165) is 6.08 Å². The summed E-state index contributed by atoms with van der Waals surface area (Å²) in [5, 5.41) is 8.39. The molecule has 0 aromatic heterocycles. The SMILES string of the molecule is O=C(O)C=Cc1ccc2c(c1)OC(F)(F)O2. The molecule has 6 heteroatoms. The number of fused-ring (bicyclic) bond motifs is 1. The van der Waals surface area contributed by atoms with Crippen molar-refractivity contribution >= 4 is 12.0 Å². The summed E-state index contributed by atoms with van der Waals surface area (Å²) in [7, 11) is 0. The minimum atomic E-state index is -3.66. The van der Waals surface area contributed by atoms with Crippen LogP contribution < -0.4 is 9.47 Å². The number of benzene rings is 1. The van der Waals surface area contributed by atoms with Crippen molar-refractivity contribution < 1.29 is 28.2 Å². The van der Waals surface area contributed by atoms with Crippen molar-refractivity contribution in [2.45, 2.75) is 6.29 Å². The van der Waals surface area contributed by atoms with Crippen LogP contribution in [0.15, 0.2) is 24.3 Å². The zero-order chi connectivity index (χ0) is 11.8. The molecule has 1 heterocycles. The van der Waals surface area contributed by atoms with Crippen molar-refractivity contribution in [1.29, 1.82) is 0 Å². The molecular weight excluding hydrogens is 222 g/mol. The van der Waals surface area contributed by atoms with Crippen LogP contribution in [0.25, 0.3) is 6.08 Å². The number of ether oxygens (including phenoxy) is 2. The predicted molar refractivity (Wildman–Crippen MR) is 49.3 cm³/mol. The second-order valence-corrected chi connectivity index (χ2v) is 3.05. The molecule has 0 unspecified atom stereocenters. The summed E-state index contributed by atoms with van der Waals surface area (Å²) in [4.78, 5) is 10.2. The molecule has 0 radical (unpaired) electrons. The molecule has 1 aromatic carbocycles. The number of alkyl halides is 2. The van der Waals surface area contributed by atoms with E-state index in [-0.39, 0.29) is 11.5 Å². The van der Waals surface area contributed by atoms with Crippen LogP contribution >= 0.6 is 0 Å². The monoisotopic (exact) mass is 228 g/mol. The third kappa shape index (κ3) is 2.10. The Morgan fingerprint density at radius 2 is 2.00 bits per heavy atom. The van der Waals surface area contributed by atoms with Gasteiger partial charge < -0.3 is 14.6 Å². The first-order valence-corrected chi connectivity index (χ1v) is 4.27. The van der Waals surface area contributed by atoms with E-state index in [1.807, 2.05) is 0 Å². The maximum Gasteiger partial charge on any atom is 0.586 e. The Labute approximate surface area is 88.7 Å². The fourth-order valence-corrected chi connectivity index (χ4v) is 1.24. The summed E-state index contributed by atoms with van der Waals surface area (Å²) in [6.07, 6.45) is -1.49. The van der Waals surface area contributed by atoms with Crippen LogP contribution in [0.1, 0.15) is 5.56 Å². The third-order valence-electron chi connectivity index (χ3n) is 1.84. The lowest BCUT2D eigenvalue weighted by molar-refractivity contribution is -0.286. The van der Waals surface area contributed by atoms with Gasteiger partial charge >= 0.3 is 12.3 Å². The van der Waals surface area contributed by atoms with Gasteiger partial charge in [0.15, 0.2) is 11.5 Å². The molecule has 0 bridgehead atoms. The largest absolute Gasteiger partial charge is 0.586 e. The molecule has 0 spiro atoms. The molecule has 0 atom stereocenters. The number of halogens is 2. The number of hydrogen-bond donors (Lipinski definition) is 1. The van der Waals surface area contributed by atoms with Crippen molar-refractivity contribution in [2.24, 2.45) is 0 Å². The maximum absolute atomic E-state index is 12.6. The van der Waals surface area contributed by atoms with Crippen LogP contribution in [0, 0.1) is 0 Å². The standard InChI is InChI=1S/C10H6F2O4/c11-10(12)15-7-3-1-6(2-4-9(13)14)5-8(7)16-10/h1-5H,(H,13,14). The van der Waals surface area contributed by atoms with E-state index in [1.54, 1.807) is 0 Å². The Balaban J connectivity index is 2.26. The van der Waals surface area contributed by atoms with E-state index in [9.17, 15) is 13.6 Å². The number of aliphatic carboxylic acids is 1. The number of rotatable bonds is 2. The van der Waals surface area contributed by atoms with E-state index < -0.39 is 12.3 Å². The molecule has 0 saturated heterocycles. The van der Waals surface area contributed by atoms with Gasteiger partial charge in [-0.3, -0.25) is 0 Å². The van der Waals surface area contributed by atoms with Crippen LogP contribution in [0.5, 0.6) is 11.5 Å². The quantitative estimate of drug-likeness (QED) is 0.787. The Bertz CT molecular complexity index is 468. The van der Waals surface area contributed by atoms with Gasteiger partial charge in [-0.1, -0.05) is 6.07 Å². The average molecular weight is 228 g/mol. The second-order valence-electron chi connectivity index (χ2n) is 3.05. The molecular formula is C10H6F2O4. The van der Waals surface area contributed by atoms with E-state index in [4.69, 9.17) is 5.11 Å². The molecule has 0 fully saturated rings. The highest BCUT2D eigenvalue weighted by molar-refractivity contribution is 5.85. The molecule has 1 aliphatic rings. The van der Waals surface area contributed by atoms with Crippen molar-refractivity contribution in [3.8, 4) is 11.5 Å². The summed E-state index contributed by atoms with van der Waals surface area (Å²) >= 11 is 0. The summed E-state index contributed by atoms with van der Waals surface area (Å²) in [6, 6.07) is 4.01. The smallest absolute Gasteiger partial charge is 0.478 e. The Hall–Kier alpha value is -2.11. The summed E-state index contributed by atoms with van der Waals surface area (Å²) in [6.45, 7) is 0. The van der Waals surface area contributed by atoms with Crippen molar-refractivity contribution in [3.63, 3.8) is 0 Å². The molecule has 84 valence electrons. The van der Waals surface area contributed by atoms with Crippen LogP contribution in [0.2, 0.25) is 0 Å².